The average Bonchev–Trinajstić information content (AvgIpc) is 3.42. The zero-order chi connectivity index (χ0) is 31.6. The van der Waals surface area contributed by atoms with Crippen LogP contribution in [-0.4, -0.2) is 71.8 Å². The molecule has 12 nitrogen and oxygen atoms in total. The van der Waals surface area contributed by atoms with Gasteiger partial charge in [0.1, 0.15) is 22.7 Å². The van der Waals surface area contributed by atoms with Crippen LogP contribution in [0.4, 0.5) is 0 Å². The second kappa shape index (κ2) is 15.5. The van der Waals surface area contributed by atoms with Gasteiger partial charge in [0.2, 0.25) is 11.8 Å². The number of carbonyl (C=O) groups excluding carboxylic acids is 6. The topological polar surface area (TPSA) is 146 Å². The van der Waals surface area contributed by atoms with Crippen molar-refractivity contribution in [1.29, 1.82) is 0 Å². The van der Waals surface area contributed by atoms with Crippen molar-refractivity contribution in [2.24, 2.45) is 0 Å². The highest BCUT2D eigenvalue weighted by Crippen LogP contribution is 2.33. The highest BCUT2D eigenvalue weighted by atomic mass is 16.6. The van der Waals surface area contributed by atoms with Gasteiger partial charge in [-0.25, -0.2) is 9.59 Å². The fraction of sp³-hybridized carbons (Fsp3) is 0.562. The van der Waals surface area contributed by atoms with Crippen molar-refractivity contribution in [1.82, 2.24) is 9.80 Å². The van der Waals surface area contributed by atoms with Crippen LogP contribution in [0.2, 0.25) is 0 Å². The van der Waals surface area contributed by atoms with E-state index in [9.17, 15) is 28.8 Å². The number of nitrogens with zero attached hydrogens (tertiary/aromatic N) is 2. The monoisotopic (exact) mass is 612 g/mol. The third-order valence-electron chi connectivity index (χ3n) is 7.70. The van der Waals surface area contributed by atoms with E-state index in [2.05, 4.69) is 0 Å². The van der Waals surface area contributed by atoms with Crippen molar-refractivity contribution in [2.75, 3.05) is 26.3 Å². The minimum atomic E-state index is -0.675. The normalized spacial score (nSPS) is 21.3. The molecule has 4 heterocycles. The fourth-order valence-electron chi connectivity index (χ4n) is 5.63. The van der Waals surface area contributed by atoms with Crippen LogP contribution in [-0.2, 0) is 47.7 Å². The van der Waals surface area contributed by atoms with Gasteiger partial charge < -0.3 is 28.7 Å². The number of hydrogen-bond donors (Lipinski definition) is 0. The van der Waals surface area contributed by atoms with Crippen LogP contribution in [0.25, 0.3) is 0 Å². The first-order valence-electron chi connectivity index (χ1n) is 15.5. The number of amides is 2. The van der Waals surface area contributed by atoms with Gasteiger partial charge >= 0.3 is 23.9 Å². The fourth-order valence-corrected chi connectivity index (χ4v) is 5.63. The average molecular weight is 613 g/mol. The van der Waals surface area contributed by atoms with Gasteiger partial charge in [0, 0.05) is 38.8 Å². The summed E-state index contributed by atoms with van der Waals surface area (Å²) >= 11 is 0. The Hall–Kier alpha value is -4.22. The summed E-state index contributed by atoms with van der Waals surface area (Å²) in [5.41, 5.74) is 0.786. The minimum Gasteiger partial charge on any atom is -0.462 e. The zero-order valence-corrected chi connectivity index (χ0v) is 25.4. The second-order valence-corrected chi connectivity index (χ2v) is 10.7. The van der Waals surface area contributed by atoms with Gasteiger partial charge in [-0.05, 0) is 52.4 Å². The molecule has 4 aliphatic rings. The maximum atomic E-state index is 13.7. The highest BCUT2D eigenvalue weighted by Gasteiger charge is 2.36. The number of rotatable bonds is 9. The Morgan fingerprint density at radius 1 is 0.659 bits per heavy atom. The summed E-state index contributed by atoms with van der Waals surface area (Å²) in [6, 6.07) is 0. The van der Waals surface area contributed by atoms with E-state index in [-0.39, 0.29) is 86.2 Å². The standard InChI is InChI=1S/C32H40N2O10/c1-3-41-31(39)29(23-13-17-27(37)43-23)21-11-7-5-9-19-33(21)25(35)15-16-26(36)34-20-10-6-8-12-22(34)30(32(40)42-4-2)24-14-18-28(38)44-24/h11-12H,3-10,13-20H2,1-2H3/b29-23-,30-24+. The van der Waals surface area contributed by atoms with Crippen molar-refractivity contribution < 1.29 is 47.7 Å². The largest absolute Gasteiger partial charge is 0.462 e. The molecule has 4 aliphatic heterocycles. The Morgan fingerprint density at radius 2 is 1.07 bits per heavy atom. The Bertz CT molecular complexity index is 1220. The van der Waals surface area contributed by atoms with Gasteiger partial charge in [-0.3, -0.25) is 19.2 Å². The maximum Gasteiger partial charge on any atom is 0.343 e. The van der Waals surface area contributed by atoms with E-state index in [1.807, 2.05) is 0 Å². The second-order valence-electron chi connectivity index (χ2n) is 10.7. The summed E-state index contributed by atoms with van der Waals surface area (Å²) in [6.07, 6.45) is 8.11. The van der Waals surface area contributed by atoms with E-state index in [1.54, 1.807) is 26.0 Å². The molecule has 12 heteroatoms. The molecule has 2 saturated heterocycles. The van der Waals surface area contributed by atoms with Crippen LogP contribution in [0.3, 0.4) is 0 Å². The Labute approximate surface area is 256 Å². The van der Waals surface area contributed by atoms with Gasteiger partial charge in [0.05, 0.1) is 37.4 Å². The van der Waals surface area contributed by atoms with Gasteiger partial charge in [0.15, 0.2) is 0 Å². The van der Waals surface area contributed by atoms with E-state index in [0.717, 1.165) is 12.8 Å². The molecule has 0 unspecified atom stereocenters. The number of ether oxygens (including phenoxy) is 4. The van der Waals surface area contributed by atoms with E-state index >= 15 is 0 Å². The molecule has 2 fully saturated rings. The first kappa shape index (κ1) is 32.7. The lowest BCUT2D eigenvalue weighted by molar-refractivity contribution is -0.141. The molecule has 0 aliphatic carbocycles. The maximum absolute atomic E-state index is 13.7. The number of carbonyl (C=O) groups is 6. The molecule has 0 aromatic carbocycles. The molecule has 0 N–H and O–H groups in total. The molecule has 0 aromatic rings. The third-order valence-corrected chi connectivity index (χ3v) is 7.70. The Balaban J connectivity index is 1.57. The van der Waals surface area contributed by atoms with Crippen molar-refractivity contribution >= 4 is 35.7 Å². The molecule has 0 spiro atoms. The summed E-state index contributed by atoms with van der Waals surface area (Å²) in [5, 5.41) is 0. The molecule has 0 bridgehead atoms. The van der Waals surface area contributed by atoms with E-state index in [1.165, 1.54) is 9.80 Å². The van der Waals surface area contributed by atoms with E-state index in [0.29, 0.717) is 50.2 Å². The Morgan fingerprint density at radius 3 is 1.41 bits per heavy atom. The highest BCUT2D eigenvalue weighted by molar-refractivity contribution is 5.98. The number of esters is 4. The van der Waals surface area contributed by atoms with Crippen LogP contribution in [0, 0.1) is 0 Å². The van der Waals surface area contributed by atoms with Gasteiger partial charge in [-0.2, -0.15) is 0 Å². The molecule has 0 saturated carbocycles. The van der Waals surface area contributed by atoms with Crippen molar-refractivity contribution in [2.45, 2.75) is 90.9 Å². The van der Waals surface area contributed by atoms with Crippen LogP contribution < -0.4 is 0 Å². The smallest absolute Gasteiger partial charge is 0.343 e. The quantitative estimate of drug-likeness (QED) is 0.214. The van der Waals surface area contributed by atoms with Crippen LogP contribution in [0.1, 0.15) is 90.9 Å². The third kappa shape index (κ3) is 7.83. The first-order chi connectivity index (χ1) is 21.2. The molecule has 0 aromatic heterocycles. The first-order valence-corrected chi connectivity index (χ1v) is 15.5. The SMILES string of the molecule is CCOC(=O)/C(C1=CCCCCN1C(=O)CCC(=O)N1CCCCC=C1/C(C(=O)OCC)=C1/CCC(=O)O1)=C1/CCC(=O)O1. The van der Waals surface area contributed by atoms with Crippen molar-refractivity contribution in [3.8, 4) is 0 Å². The molecule has 0 atom stereocenters. The summed E-state index contributed by atoms with van der Waals surface area (Å²) in [4.78, 5) is 80.3. The number of allylic oxidation sites excluding steroid dienone is 4. The lowest BCUT2D eigenvalue weighted by Crippen LogP contribution is -2.36. The summed E-state index contributed by atoms with van der Waals surface area (Å²) < 4.78 is 21.2. The summed E-state index contributed by atoms with van der Waals surface area (Å²) in [6.45, 7) is 4.19. The lowest BCUT2D eigenvalue weighted by Gasteiger charge is -2.28. The van der Waals surface area contributed by atoms with Crippen LogP contribution in [0.15, 0.2) is 46.2 Å². The van der Waals surface area contributed by atoms with Crippen LogP contribution in [0.5, 0.6) is 0 Å². The van der Waals surface area contributed by atoms with Crippen molar-refractivity contribution in [3.05, 3.63) is 46.2 Å². The van der Waals surface area contributed by atoms with Gasteiger partial charge in [-0.1, -0.05) is 12.2 Å². The lowest BCUT2D eigenvalue weighted by atomic mass is 10.1. The van der Waals surface area contributed by atoms with Gasteiger partial charge in [0.25, 0.3) is 0 Å². The predicted molar refractivity (Wildman–Crippen MR) is 154 cm³/mol. The number of cyclic esters (lactones) is 2. The molecule has 4 rings (SSSR count). The van der Waals surface area contributed by atoms with E-state index < -0.39 is 23.9 Å². The van der Waals surface area contributed by atoms with E-state index in [4.69, 9.17) is 18.9 Å². The molecule has 44 heavy (non-hydrogen) atoms. The molecule has 238 valence electrons. The predicted octanol–water partition coefficient (Wildman–Crippen LogP) is 3.87. The number of hydrogen-bond acceptors (Lipinski definition) is 10. The zero-order valence-electron chi connectivity index (χ0n) is 25.4. The molecule has 2 amide bonds. The minimum absolute atomic E-state index is 0.0637. The molecular weight excluding hydrogens is 572 g/mol. The van der Waals surface area contributed by atoms with Crippen LogP contribution >= 0.6 is 0 Å². The molecule has 0 radical (unpaired) electrons. The molecular formula is C32H40N2O10. The van der Waals surface area contributed by atoms with Crippen molar-refractivity contribution in [3.63, 3.8) is 0 Å². The summed E-state index contributed by atoms with van der Waals surface area (Å²) in [5.74, 6) is -2.63. The Kier molecular flexibility index (Phi) is 11.5. The summed E-state index contributed by atoms with van der Waals surface area (Å²) in [7, 11) is 0. The van der Waals surface area contributed by atoms with Gasteiger partial charge in [-0.15, -0.1) is 0 Å².